The van der Waals surface area contributed by atoms with Gasteiger partial charge in [-0.3, -0.25) is 0 Å². The van der Waals surface area contributed by atoms with Gasteiger partial charge in [0.2, 0.25) is 0 Å². The largest absolute Gasteiger partial charge is 0.493 e. The van der Waals surface area contributed by atoms with E-state index in [9.17, 15) is 17.6 Å². The zero-order valence-electron chi connectivity index (χ0n) is 18.4. The number of carbonyl (C=O) groups is 1. The molecule has 0 saturated heterocycles. The lowest BCUT2D eigenvalue weighted by Crippen LogP contribution is -2.46. The molecule has 9 heteroatoms. The van der Waals surface area contributed by atoms with Crippen LogP contribution in [0.5, 0.6) is 11.5 Å². The van der Waals surface area contributed by atoms with E-state index in [-0.39, 0.29) is 41.1 Å². The number of hydrogen-bond donors (Lipinski definition) is 1. The van der Waals surface area contributed by atoms with Crippen molar-refractivity contribution in [1.29, 1.82) is 0 Å². The molecule has 1 atom stereocenters. The molecule has 0 aliphatic carbocycles. The summed E-state index contributed by atoms with van der Waals surface area (Å²) in [6, 6.07) is 8.93. The molecular weight excluding hydrogens is 423 g/mol. The predicted molar refractivity (Wildman–Crippen MR) is 116 cm³/mol. The molecule has 2 aromatic rings. The maximum atomic E-state index is 13.1. The van der Waals surface area contributed by atoms with Crippen LogP contribution in [-0.2, 0) is 16.7 Å². The van der Waals surface area contributed by atoms with Crippen LogP contribution >= 0.6 is 0 Å². The number of urea groups is 1. The Hall–Kier alpha value is -2.81. The summed E-state index contributed by atoms with van der Waals surface area (Å²) in [6.07, 6.45) is 0.754. The van der Waals surface area contributed by atoms with Gasteiger partial charge in [0.1, 0.15) is 10.7 Å². The van der Waals surface area contributed by atoms with E-state index in [0.717, 1.165) is 30.7 Å². The quantitative estimate of drug-likeness (QED) is 0.573. The molecule has 1 N–H and O–H groups in total. The van der Waals surface area contributed by atoms with Crippen molar-refractivity contribution in [1.82, 2.24) is 10.2 Å². The van der Waals surface area contributed by atoms with Crippen LogP contribution in [0.25, 0.3) is 0 Å². The molecule has 0 bridgehead atoms. The number of amides is 2. The van der Waals surface area contributed by atoms with Crippen LogP contribution in [0.1, 0.15) is 39.7 Å². The van der Waals surface area contributed by atoms with Gasteiger partial charge in [-0.1, -0.05) is 13.0 Å². The van der Waals surface area contributed by atoms with E-state index in [1.165, 1.54) is 13.2 Å². The monoisotopic (exact) mass is 452 g/mol. The van der Waals surface area contributed by atoms with Gasteiger partial charge < -0.3 is 19.1 Å². The Labute approximate surface area is 183 Å². The summed E-state index contributed by atoms with van der Waals surface area (Å²) in [7, 11) is -2.80. The summed E-state index contributed by atoms with van der Waals surface area (Å²) in [6.45, 7) is 7.95. The van der Waals surface area contributed by atoms with E-state index in [4.69, 9.17) is 8.92 Å². The average Bonchev–Trinajstić information content (AvgIpc) is 2.71. The summed E-state index contributed by atoms with van der Waals surface area (Å²) in [5.74, 6) is -0.350. The molecule has 0 heterocycles. The third-order valence-electron chi connectivity index (χ3n) is 4.68. The Balaban J connectivity index is 2.34. The minimum absolute atomic E-state index is 0.0160. The molecule has 0 spiro atoms. The fraction of sp³-hybridized carbons (Fsp3) is 0.409. The van der Waals surface area contributed by atoms with Crippen molar-refractivity contribution in [3.63, 3.8) is 0 Å². The average molecular weight is 453 g/mol. The highest BCUT2D eigenvalue weighted by Gasteiger charge is 2.23. The van der Waals surface area contributed by atoms with Crippen LogP contribution in [0.3, 0.4) is 0 Å². The molecule has 170 valence electrons. The van der Waals surface area contributed by atoms with Gasteiger partial charge in [-0.05, 0) is 69.2 Å². The van der Waals surface area contributed by atoms with E-state index in [1.54, 1.807) is 17.0 Å². The highest BCUT2D eigenvalue weighted by atomic mass is 32.2. The summed E-state index contributed by atoms with van der Waals surface area (Å²) >= 11 is 0. The van der Waals surface area contributed by atoms with E-state index >= 15 is 0 Å². The lowest BCUT2D eigenvalue weighted by Gasteiger charge is -2.30. The van der Waals surface area contributed by atoms with Crippen molar-refractivity contribution in [2.45, 2.75) is 57.6 Å². The first-order valence-electron chi connectivity index (χ1n) is 10.0. The molecule has 0 aliphatic heterocycles. The fourth-order valence-corrected chi connectivity index (χ4v) is 3.76. The Kier molecular flexibility index (Phi) is 8.27. The Morgan fingerprint density at radius 1 is 1.10 bits per heavy atom. The first kappa shape index (κ1) is 24.5. The lowest BCUT2D eigenvalue weighted by molar-refractivity contribution is 0.171. The van der Waals surface area contributed by atoms with Crippen molar-refractivity contribution in [3.05, 3.63) is 53.8 Å². The third-order valence-corrected chi connectivity index (χ3v) is 5.93. The maximum Gasteiger partial charge on any atom is 0.339 e. The van der Waals surface area contributed by atoms with Gasteiger partial charge in [-0.2, -0.15) is 8.42 Å². The minimum atomic E-state index is -4.20. The van der Waals surface area contributed by atoms with Gasteiger partial charge >= 0.3 is 16.1 Å². The van der Waals surface area contributed by atoms with Gasteiger partial charge in [0, 0.05) is 18.6 Å². The van der Waals surface area contributed by atoms with Crippen LogP contribution in [0.4, 0.5) is 9.18 Å². The van der Waals surface area contributed by atoms with Crippen LogP contribution in [0.15, 0.2) is 47.4 Å². The van der Waals surface area contributed by atoms with Crippen LogP contribution < -0.4 is 14.2 Å². The molecule has 0 fully saturated rings. The second-order valence-electron chi connectivity index (χ2n) is 7.47. The zero-order chi connectivity index (χ0) is 23.2. The number of carbonyl (C=O) groups excluding carboxylic acids is 1. The minimum Gasteiger partial charge on any atom is -0.493 e. The maximum absolute atomic E-state index is 13.1. The number of nitrogens with zero attached hydrogens (tertiary/aromatic N) is 1. The smallest absolute Gasteiger partial charge is 0.339 e. The van der Waals surface area contributed by atoms with Gasteiger partial charge in [0.25, 0.3) is 0 Å². The molecule has 31 heavy (non-hydrogen) atoms. The number of methoxy groups -OCH3 is 1. The van der Waals surface area contributed by atoms with E-state index in [2.05, 4.69) is 5.32 Å². The number of rotatable bonds is 9. The van der Waals surface area contributed by atoms with Crippen molar-refractivity contribution in [3.8, 4) is 11.5 Å². The number of halogens is 1. The second-order valence-corrected chi connectivity index (χ2v) is 9.01. The van der Waals surface area contributed by atoms with Gasteiger partial charge in [-0.15, -0.1) is 0 Å². The highest BCUT2D eigenvalue weighted by Crippen LogP contribution is 2.31. The Bertz CT molecular complexity index is 993. The molecule has 0 aromatic heterocycles. The van der Waals surface area contributed by atoms with Gasteiger partial charge in [0.05, 0.1) is 7.11 Å². The SMILES string of the molecule is CCC(C)N(Cc1ccc(OC)c(OS(=O)(=O)c2ccc(F)cc2)c1)C(=O)NC(C)C. The Morgan fingerprint density at radius 3 is 2.29 bits per heavy atom. The second kappa shape index (κ2) is 10.5. The summed E-state index contributed by atoms with van der Waals surface area (Å²) in [5.41, 5.74) is 0.671. The van der Waals surface area contributed by atoms with Crippen LogP contribution in [-0.4, -0.2) is 38.5 Å². The summed E-state index contributed by atoms with van der Waals surface area (Å²) in [4.78, 5) is 14.1. The number of hydrogen-bond acceptors (Lipinski definition) is 5. The molecular formula is C22H29FN2O5S. The number of ether oxygens (including phenoxy) is 1. The van der Waals surface area contributed by atoms with Gasteiger partial charge in [-0.25, -0.2) is 9.18 Å². The predicted octanol–water partition coefficient (Wildman–Crippen LogP) is 4.32. The zero-order valence-corrected chi connectivity index (χ0v) is 19.2. The first-order valence-corrected chi connectivity index (χ1v) is 11.4. The fourth-order valence-electron chi connectivity index (χ4n) is 2.83. The Morgan fingerprint density at radius 2 is 1.74 bits per heavy atom. The van der Waals surface area contributed by atoms with Crippen molar-refractivity contribution in [2.75, 3.05) is 7.11 Å². The van der Waals surface area contributed by atoms with Crippen molar-refractivity contribution in [2.24, 2.45) is 0 Å². The van der Waals surface area contributed by atoms with Crippen LogP contribution in [0, 0.1) is 5.82 Å². The molecule has 0 radical (unpaired) electrons. The molecule has 1 unspecified atom stereocenters. The molecule has 2 aromatic carbocycles. The molecule has 7 nitrogen and oxygen atoms in total. The topological polar surface area (TPSA) is 84.9 Å². The summed E-state index contributed by atoms with van der Waals surface area (Å²) in [5, 5.41) is 2.88. The molecule has 2 rings (SSSR count). The van der Waals surface area contributed by atoms with Gasteiger partial charge in [0.15, 0.2) is 11.5 Å². The first-order chi connectivity index (χ1) is 14.6. The van der Waals surface area contributed by atoms with E-state index in [1.807, 2.05) is 27.7 Å². The summed E-state index contributed by atoms with van der Waals surface area (Å²) < 4.78 is 48.9. The normalized spacial score (nSPS) is 12.4. The lowest BCUT2D eigenvalue weighted by atomic mass is 10.1. The molecule has 0 aliphatic rings. The standard InChI is InChI=1S/C22H29FN2O5S/c1-6-16(4)25(22(26)24-15(2)3)14-17-7-12-20(29-5)21(13-17)30-31(27,28)19-10-8-18(23)9-11-19/h7-13,15-16H,6,14H2,1-5H3,(H,24,26). The van der Waals surface area contributed by atoms with Crippen LogP contribution in [0.2, 0.25) is 0 Å². The highest BCUT2D eigenvalue weighted by molar-refractivity contribution is 7.87. The third kappa shape index (κ3) is 6.58. The molecule has 0 saturated carbocycles. The van der Waals surface area contributed by atoms with E-state index < -0.39 is 15.9 Å². The number of benzene rings is 2. The molecule has 2 amide bonds. The number of nitrogens with one attached hydrogen (secondary N) is 1. The van der Waals surface area contributed by atoms with Crippen molar-refractivity contribution >= 4 is 16.1 Å². The van der Waals surface area contributed by atoms with Crippen molar-refractivity contribution < 1.29 is 26.5 Å². The van der Waals surface area contributed by atoms with E-state index in [0.29, 0.717) is 5.56 Å².